The number of carbonyl (C=O) groups excluding carboxylic acids is 4. The van der Waals surface area contributed by atoms with Crippen LogP contribution >= 0.6 is 7.82 Å². The Labute approximate surface area is 717 Å². The monoisotopic (exact) mass is 1800 g/mol. The summed E-state index contributed by atoms with van der Waals surface area (Å²) in [5.74, 6) is -21.2. The van der Waals surface area contributed by atoms with Gasteiger partial charge in [-0.2, -0.15) is 0 Å². The van der Waals surface area contributed by atoms with E-state index in [4.69, 9.17) is 51.7 Å². The van der Waals surface area contributed by atoms with Gasteiger partial charge in [0.15, 0.2) is 0 Å². The van der Waals surface area contributed by atoms with Crippen molar-refractivity contribution in [1.29, 1.82) is 0 Å². The largest absolute Gasteiger partial charge is 0.477 e. The average molecular weight is 1800 g/mol. The molecule has 0 aromatic rings. The van der Waals surface area contributed by atoms with E-state index >= 15 is 0 Å². The molecule has 4 fully saturated rings. The number of aliphatic hydroxyl groups is 15. The molecular weight excluding hydrogens is 1660 g/mol. The molecule has 23 N–H and O–H groups in total. The van der Waals surface area contributed by atoms with Gasteiger partial charge >= 0.3 is 25.7 Å². The molecule has 0 aromatic carbocycles. The second kappa shape index (κ2) is 57.3. The number of rotatable bonds is 65. The van der Waals surface area contributed by atoms with Gasteiger partial charge in [-0.25, -0.2) is 18.9 Å². The third kappa shape index (κ3) is 35.9. The number of hydrogen-bond donors (Lipinski definition) is 23. The van der Waals surface area contributed by atoms with E-state index in [9.17, 15) is 135 Å². The predicted molar refractivity (Wildman–Crippen MR) is 431 cm³/mol. The van der Waals surface area contributed by atoms with Crippen LogP contribution < -0.4 is 21.3 Å². The molecule has 3 saturated heterocycles. The number of hydrogen-bond acceptors (Lipinski definition) is 34. The van der Waals surface area contributed by atoms with Gasteiger partial charge in [0.2, 0.25) is 23.6 Å². The van der Waals surface area contributed by atoms with Gasteiger partial charge in [0, 0.05) is 47.0 Å². The lowest BCUT2D eigenvalue weighted by molar-refractivity contribution is -0.350. The van der Waals surface area contributed by atoms with Gasteiger partial charge in [-0.15, -0.1) is 0 Å². The number of ether oxygens (including phenoxy) is 9. The van der Waals surface area contributed by atoms with Gasteiger partial charge in [0.1, 0.15) is 111 Å². The molecule has 4 amide bonds. The summed E-state index contributed by atoms with van der Waals surface area (Å²) < 4.78 is 72.7. The number of carbonyl (C=O) groups is 7. The maximum Gasteiger partial charge on any atom is 0.472 e. The minimum absolute atomic E-state index is 0.0135. The molecule has 1 unspecified atom stereocenters. The Hall–Kier alpha value is -4.82. The molecule has 3 aliphatic heterocycles. The Morgan fingerprint density at radius 2 is 0.772 bits per heavy atom. The molecule has 0 radical (unpaired) electrons. The van der Waals surface area contributed by atoms with Crippen LogP contribution in [0.4, 0.5) is 0 Å². The van der Waals surface area contributed by atoms with E-state index in [2.05, 4.69) is 35.1 Å². The smallest absolute Gasteiger partial charge is 0.472 e. The molecule has 0 aromatic heterocycles. The molecule has 3 heterocycles. The first kappa shape index (κ1) is 111. The van der Waals surface area contributed by atoms with E-state index in [0.29, 0.717) is 12.8 Å². The van der Waals surface area contributed by atoms with Crippen LogP contribution in [0.25, 0.3) is 0 Å². The van der Waals surface area contributed by atoms with Gasteiger partial charge < -0.3 is 161 Å². The quantitative estimate of drug-likeness (QED) is 0.0194. The van der Waals surface area contributed by atoms with Gasteiger partial charge in [-0.3, -0.25) is 28.2 Å². The lowest BCUT2D eigenvalue weighted by atomic mass is 9.84. The summed E-state index contributed by atoms with van der Waals surface area (Å²) in [6.45, 7) is -2.97. The van der Waals surface area contributed by atoms with E-state index < -0.39 is 272 Å². The number of aliphatic carboxylic acids is 3. The first-order valence-corrected chi connectivity index (χ1v) is 44.7. The third-order valence-corrected chi connectivity index (χ3v) is 23.5. The summed E-state index contributed by atoms with van der Waals surface area (Å²) in [4.78, 5) is 105. The fourth-order valence-corrected chi connectivity index (χ4v) is 16.4. The van der Waals surface area contributed by atoms with Crippen molar-refractivity contribution < 1.29 is 187 Å². The van der Waals surface area contributed by atoms with Gasteiger partial charge in [0.05, 0.1) is 75.0 Å². The number of unbranched alkanes of at least 4 members (excludes halogenated alkanes) is 27. The van der Waals surface area contributed by atoms with Crippen LogP contribution in [0.2, 0.25) is 0 Å². The summed E-state index contributed by atoms with van der Waals surface area (Å²) in [6, 6.07) is -7.44. The highest BCUT2D eigenvalue weighted by Crippen LogP contribution is 2.49. The topological polar surface area (TPSA) is 671 Å². The molecule has 4 aliphatic rings. The van der Waals surface area contributed by atoms with Crippen LogP contribution in [-0.4, -0.2) is 363 Å². The summed E-state index contributed by atoms with van der Waals surface area (Å²) in [7, 11) is -2.51. The summed E-state index contributed by atoms with van der Waals surface area (Å²) in [5.41, 5.74) is 0. The van der Waals surface area contributed by atoms with Crippen molar-refractivity contribution in [1.82, 2.24) is 21.3 Å². The molecule has 0 bridgehead atoms. The van der Waals surface area contributed by atoms with Crippen molar-refractivity contribution in [2.75, 3.05) is 67.6 Å². The molecule has 1 aliphatic carbocycles. The lowest BCUT2D eigenvalue weighted by Gasteiger charge is -2.50. The molecule has 43 heteroatoms. The van der Waals surface area contributed by atoms with E-state index in [1.807, 2.05) is 0 Å². The zero-order valence-corrected chi connectivity index (χ0v) is 72.3. The first-order valence-electron chi connectivity index (χ1n) is 43.2. The van der Waals surface area contributed by atoms with Crippen molar-refractivity contribution in [2.45, 2.75) is 383 Å². The highest BCUT2D eigenvalue weighted by atomic mass is 31.2. The Morgan fingerprint density at radius 1 is 0.439 bits per heavy atom. The Bertz CT molecular complexity index is 3140. The van der Waals surface area contributed by atoms with Crippen LogP contribution in [0.15, 0.2) is 12.2 Å². The number of phosphoric ester groups is 1. The number of carboxylic acids is 3. The molecule has 1 saturated carbocycles. The standard InChI is InChI=1S/C80H143N4O38P/c1-6-8-10-12-14-16-18-19-20-21-22-23-24-25-27-29-31-33-35-37-56(93)81-48(49(86)36-34-32-30-28-26-17-15-13-11-9-7-2)42-117-123(110,111)122-74-68(102)66(100)67(101)73(69(74)103)121-80(77(108)109)40-52(89)62(72(120-80)65(99)55(92)45-114-5)84-59(96)47-116-79(76(106)107)39-51(88)61(71(119-79)64(98)54(91)44-113-4)83-58(95)46-115-78(75(104)105)38-50(87)60(82-57(94)41-85)70(118-78)63(97)53(90)43-112-3/h34,36,48-55,60-74,85-92,97-103H,6-33,35,37-47H2,1-5H3,(H,81,93)(H,82,94)(H,83,95)(H,84,96)(H,104,105)(H,106,107)(H,108,109)(H,110,111)/b36-34+/t48-,49+,50-,51-,52-,53+,54+,55+,60+,61+,62+,63-,64-,65-,66-,67-,68+,69+,70+,71+,72+,73+,74-,78+,79+,80-/m0/s1. The third-order valence-electron chi connectivity index (χ3n) is 22.5. The zero-order valence-electron chi connectivity index (χ0n) is 71.4. The summed E-state index contributed by atoms with van der Waals surface area (Å²) >= 11 is 0. The number of carboxylic acid groups (broad SMARTS) is 3. The fourth-order valence-electron chi connectivity index (χ4n) is 15.5. The molecule has 123 heavy (non-hydrogen) atoms. The van der Waals surface area contributed by atoms with E-state index in [1.54, 1.807) is 6.08 Å². The minimum atomic E-state index is -5.70. The maximum atomic E-state index is 14.1. The Kier molecular flexibility index (Phi) is 51.5. The van der Waals surface area contributed by atoms with Crippen molar-refractivity contribution in [3.05, 3.63) is 12.2 Å². The number of allylic oxidation sites excluding steroid dienone is 1. The normalized spacial score (nSPS) is 29.9. The highest BCUT2D eigenvalue weighted by Gasteiger charge is 2.63. The van der Waals surface area contributed by atoms with Crippen LogP contribution in [0, 0.1) is 0 Å². The Morgan fingerprint density at radius 3 is 1.13 bits per heavy atom. The molecule has 27 atom stereocenters. The van der Waals surface area contributed by atoms with Crippen molar-refractivity contribution in [2.24, 2.45) is 0 Å². The molecule has 42 nitrogen and oxygen atoms in total. The number of methoxy groups -OCH3 is 3. The maximum absolute atomic E-state index is 14.1. The predicted octanol–water partition coefficient (Wildman–Crippen LogP) is -1.15. The SMILES string of the molecule is CCCCCCCCCCC/C=C/[C@@H](O)[C@H](COP(=O)(O)O[C@@H]1[C@H](O)[C@H](O[C@]2(C(=O)O)C[C@H](O)[C@@H](NC(=O)CO[C@]3(C(=O)O)C[C@H](O)[C@@H](NC(=O)CO[C@]4(C(=O)O)C[C@H](O)[C@@H](NC(=O)CO)[C@H]([C@@H](O)[C@H](O)COC)O4)[C@H]([C@@H](O)[C@H](O)COC)O3)[C@H]([C@@H](O)[C@H](O)COC)O2)[C@@H](O)[C@H](O)[C@H]1O)NC(=O)CCCCCCCCCCCCCCCCCCCCC. The van der Waals surface area contributed by atoms with Gasteiger partial charge in [-0.1, -0.05) is 193 Å². The van der Waals surface area contributed by atoms with Crippen LogP contribution in [-0.2, 0) is 89.8 Å². The van der Waals surface area contributed by atoms with Crippen molar-refractivity contribution in [3.8, 4) is 0 Å². The first-order chi connectivity index (χ1) is 58.4. The van der Waals surface area contributed by atoms with Gasteiger partial charge in [0.25, 0.3) is 17.4 Å². The van der Waals surface area contributed by atoms with E-state index in [1.165, 1.54) is 96.0 Å². The minimum Gasteiger partial charge on any atom is -0.477 e. The summed E-state index contributed by atoms with van der Waals surface area (Å²) in [5, 5.41) is 209. The average Bonchev–Trinajstić information content (AvgIpc) is 0.756. The van der Waals surface area contributed by atoms with Crippen molar-refractivity contribution in [3.63, 3.8) is 0 Å². The molecule has 4 rings (SSSR count). The highest BCUT2D eigenvalue weighted by molar-refractivity contribution is 7.47. The second-order valence-electron chi connectivity index (χ2n) is 32.5. The molecule has 716 valence electrons. The lowest BCUT2D eigenvalue weighted by Crippen LogP contribution is -2.71. The molecular formula is C80H143N4O38P. The van der Waals surface area contributed by atoms with Crippen LogP contribution in [0.1, 0.15) is 226 Å². The van der Waals surface area contributed by atoms with E-state index in [-0.39, 0.29) is 6.42 Å². The van der Waals surface area contributed by atoms with Crippen LogP contribution in [0.5, 0.6) is 0 Å². The molecule has 0 spiro atoms. The fraction of sp³-hybridized carbons (Fsp3) is 0.887. The van der Waals surface area contributed by atoms with Crippen molar-refractivity contribution >= 4 is 49.4 Å². The number of phosphoric acid groups is 1. The van der Waals surface area contributed by atoms with E-state index in [0.717, 1.165) is 105 Å². The number of amides is 4. The number of nitrogens with one attached hydrogen (secondary N) is 4. The second-order valence-corrected chi connectivity index (χ2v) is 33.9. The zero-order chi connectivity index (χ0) is 91.6. The van der Waals surface area contributed by atoms with Crippen LogP contribution in [0.3, 0.4) is 0 Å². The summed E-state index contributed by atoms with van der Waals surface area (Å²) in [6.07, 6.45) is -12.9. The Balaban J connectivity index is 1.51. The number of aliphatic hydroxyl groups excluding tert-OH is 15. The van der Waals surface area contributed by atoms with Gasteiger partial charge in [-0.05, 0) is 19.3 Å².